The van der Waals surface area contributed by atoms with E-state index in [2.05, 4.69) is 66.5 Å². The highest BCUT2D eigenvalue weighted by Crippen LogP contribution is 2.22. The van der Waals surface area contributed by atoms with Gasteiger partial charge < -0.3 is 9.84 Å². The second-order valence-corrected chi connectivity index (χ2v) is 6.07. The van der Waals surface area contributed by atoms with Crippen molar-refractivity contribution in [2.75, 3.05) is 13.1 Å². The van der Waals surface area contributed by atoms with Gasteiger partial charge in [-0.1, -0.05) is 35.0 Å². The van der Waals surface area contributed by atoms with Crippen molar-refractivity contribution in [3.8, 4) is 11.3 Å². The molecule has 4 heteroatoms. The first kappa shape index (κ1) is 14.3. The molecule has 0 spiro atoms. The van der Waals surface area contributed by atoms with Crippen molar-refractivity contribution in [1.29, 1.82) is 0 Å². The Kier molecular flexibility index (Phi) is 4.08. The fourth-order valence-electron chi connectivity index (χ4n) is 2.91. The monoisotopic (exact) mass is 285 g/mol. The van der Waals surface area contributed by atoms with E-state index in [0.717, 1.165) is 36.7 Å². The number of aromatic nitrogens is 1. The fourth-order valence-corrected chi connectivity index (χ4v) is 2.91. The highest BCUT2D eigenvalue weighted by atomic mass is 16.5. The van der Waals surface area contributed by atoms with E-state index in [4.69, 9.17) is 4.52 Å². The zero-order chi connectivity index (χ0) is 14.8. The van der Waals surface area contributed by atoms with Gasteiger partial charge >= 0.3 is 0 Å². The number of piperazine rings is 1. The van der Waals surface area contributed by atoms with Crippen molar-refractivity contribution in [1.82, 2.24) is 15.4 Å². The quantitative estimate of drug-likeness (QED) is 0.941. The number of nitrogens with zero attached hydrogens (tertiary/aromatic N) is 2. The maximum absolute atomic E-state index is 5.54. The van der Waals surface area contributed by atoms with Crippen LogP contribution in [0.1, 0.15) is 25.2 Å². The van der Waals surface area contributed by atoms with Gasteiger partial charge in [-0.25, -0.2) is 0 Å². The van der Waals surface area contributed by atoms with Crippen molar-refractivity contribution in [3.05, 3.63) is 41.7 Å². The molecule has 1 aliphatic heterocycles. The molecule has 1 aliphatic rings. The summed E-state index contributed by atoms with van der Waals surface area (Å²) in [6.45, 7) is 9.47. The Balaban J connectivity index is 1.74. The third kappa shape index (κ3) is 3.17. The number of benzene rings is 1. The normalized spacial score (nSPS) is 23.4. The van der Waals surface area contributed by atoms with Gasteiger partial charge in [0.05, 0.1) is 6.54 Å². The van der Waals surface area contributed by atoms with Gasteiger partial charge in [-0.3, -0.25) is 4.90 Å². The molecule has 21 heavy (non-hydrogen) atoms. The Morgan fingerprint density at radius 1 is 1.19 bits per heavy atom. The van der Waals surface area contributed by atoms with Crippen molar-refractivity contribution in [2.24, 2.45) is 0 Å². The number of rotatable bonds is 3. The molecule has 3 rings (SSSR count). The average molecular weight is 285 g/mol. The van der Waals surface area contributed by atoms with E-state index < -0.39 is 0 Å². The Labute approximate surface area is 126 Å². The molecule has 2 aromatic rings. The Bertz CT molecular complexity index is 580. The molecule has 1 saturated heterocycles. The van der Waals surface area contributed by atoms with Crippen molar-refractivity contribution in [3.63, 3.8) is 0 Å². The maximum Gasteiger partial charge on any atom is 0.151 e. The van der Waals surface area contributed by atoms with Gasteiger partial charge in [0.25, 0.3) is 0 Å². The summed E-state index contributed by atoms with van der Waals surface area (Å²) in [4.78, 5) is 2.47. The minimum atomic E-state index is 0.515. The molecule has 0 radical (unpaired) electrons. The predicted molar refractivity (Wildman–Crippen MR) is 84.0 cm³/mol. The van der Waals surface area contributed by atoms with Gasteiger partial charge in [0.2, 0.25) is 0 Å². The van der Waals surface area contributed by atoms with Crippen molar-refractivity contribution >= 4 is 0 Å². The molecule has 1 aromatic heterocycles. The summed E-state index contributed by atoms with van der Waals surface area (Å²) in [5.41, 5.74) is 3.28. The minimum absolute atomic E-state index is 0.515. The number of hydrogen-bond acceptors (Lipinski definition) is 4. The topological polar surface area (TPSA) is 41.3 Å². The Morgan fingerprint density at radius 2 is 1.86 bits per heavy atom. The van der Waals surface area contributed by atoms with E-state index in [-0.39, 0.29) is 0 Å². The summed E-state index contributed by atoms with van der Waals surface area (Å²) in [5.74, 6) is 0.936. The van der Waals surface area contributed by atoms with Gasteiger partial charge in [0, 0.05) is 36.8 Å². The van der Waals surface area contributed by atoms with Crippen LogP contribution in [0.25, 0.3) is 11.3 Å². The SMILES string of the molecule is Cc1ccc(-c2cc(CN3C(C)CNCC3C)on2)cc1. The largest absolute Gasteiger partial charge is 0.359 e. The zero-order valence-electron chi connectivity index (χ0n) is 13.0. The number of nitrogens with one attached hydrogen (secondary N) is 1. The first-order chi connectivity index (χ1) is 10.1. The first-order valence-electron chi connectivity index (χ1n) is 7.62. The van der Waals surface area contributed by atoms with E-state index in [1.54, 1.807) is 0 Å². The summed E-state index contributed by atoms with van der Waals surface area (Å²) in [7, 11) is 0. The zero-order valence-corrected chi connectivity index (χ0v) is 13.0. The van der Waals surface area contributed by atoms with Gasteiger partial charge in [0.1, 0.15) is 5.69 Å². The summed E-state index contributed by atoms with van der Waals surface area (Å²) in [6, 6.07) is 11.5. The van der Waals surface area contributed by atoms with Crippen LogP contribution in [0.15, 0.2) is 34.9 Å². The molecule has 0 amide bonds. The van der Waals surface area contributed by atoms with Gasteiger partial charge in [-0.15, -0.1) is 0 Å². The molecular formula is C17H23N3O. The third-order valence-electron chi connectivity index (χ3n) is 4.26. The Morgan fingerprint density at radius 3 is 2.52 bits per heavy atom. The number of hydrogen-bond donors (Lipinski definition) is 1. The highest BCUT2D eigenvalue weighted by Gasteiger charge is 2.25. The summed E-state index contributed by atoms with van der Waals surface area (Å²) < 4.78 is 5.54. The van der Waals surface area contributed by atoms with Crippen LogP contribution in [0.4, 0.5) is 0 Å². The van der Waals surface area contributed by atoms with Gasteiger partial charge in [-0.2, -0.15) is 0 Å². The molecule has 2 atom stereocenters. The van der Waals surface area contributed by atoms with E-state index >= 15 is 0 Å². The van der Waals surface area contributed by atoms with Gasteiger partial charge in [-0.05, 0) is 20.8 Å². The molecule has 1 fully saturated rings. The third-order valence-corrected chi connectivity index (χ3v) is 4.26. The molecule has 4 nitrogen and oxygen atoms in total. The fraction of sp³-hybridized carbons (Fsp3) is 0.471. The van der Waals surface area contributed by atoms with Crippen LogP contribution in [0, 0.1) is 6.92 Å². The molecule has 112 valence electrons. The molecule has 0 bridgehead atoms. The van der Waals surface area contributed by atoms with E-state index in [1.807, 2.05) is 0 Å². The number of aryl methyl sites for hydroxylation is 1. The summed E-state index contributed by atoms with van der Waals surface area (Å²) in [6.07, 6.45) is 0. The summed E-state index contributed by atoms with van der Waals surface area (Å²) >= 11 is 0. The van der Waals surface area contributed by atoms with Crippen LogP contribution in [-0.4, -0.2) is 35.2 Å². The maximum atomic E-state index is 5.54. The van der Waals surface area contributed by atoms with Crippen molar-refractivity contribution in [2.45, 2.75) is 39.4 Å². The molecule has 2 unspecified atom stereocenters. The average Bonchev–Trinajstić information content (AvgIpc) is 2.92. The molecular weight excluding hydrogens is 262 g/mol. The Hall–Kier alpha value is -1.65. The lowest BCUT2D eigenvalue weighted by Crippen LogP contribution is -2.54. The smallest absolute Gasteiger partial charge is 0.151 e. The molecule has 0 aliphatic carbocycles. The van der Waals surface area contributed by atoms with Gasteiger partial charge in [0.15, 0.2) is 5.76 Å². The van der Waals surface area contributed by atoms with Crippen LogP contribution in [0.2, 0.25) is 0 Å². The molecule has 1 aromatic carbocycles. The van der Waals surface area contributed by atoms with Crippen LogP contribution < -0.4 is 5.32 Å². The van der Waals surface area contributed by atoms with E-state index in [1.165, 1.54) is 5.56 Å². The molecule has 1 N–H and O–H groups in total. The summed E-state index contributed by atoms with van der Waals surface area (Å²) in [5, 5.41) is 7.66. The van der Waals surface area contributed by atoms with Crippen LogP contribution in [0.5, 0.6) is 0 Å². The second kappa shape index (κ2) is 6.00. The van der Waals surface area contributed by atoms with Crippen molar-refractivity contribution < 1.29 is 4.52 Å². The van der Waals surface area contributed by atoms with Crippen LogP contribution in [0.3, 0.4) is 0 Å². The van der Waals surface area contributed by atoms with E-state index in [9.17, 15) is 0 Å². The predicted octanol–water partition coefficient (Wildman–Crippen LogP) is 2.83. The first-order valence-corrected chi connectivity index (χ1v) is 7.62. The lowest BCUT2D eigenvalue weighted by molar-refractivity contribution is 0.0969. The lowest BCUT2D eigenvalue weighted by atomic mass is 10.1. The highest BCUT2D eigenvalue weighted by molar-refractivity contribution is 5.59. The van der Waals surface area contributed by atoms with Crippen LogP contribution in [-0.2, 0) is 6.54 Å². The van der Waals surface area contributed by atoms with E-state index in [0.29, 0.717) is 12.1 Å². The second-order valence-electron chi connectivity index (χ2n) is 6.07. The van der Waals surface area contributed by atoms with Crippen LogP contribution >= 0.6 is 0 Å². The standard InChI is InChI=1S/C17H23N3O/c1-12-4-6-15(7-5-12)17-8-16(21-19-17)11-20-13(2)9-18-10-14(20)3/h4-8,13-14,18H,9-11H2,1-3H3. The lowest BCUT2D eigenvalue weighted by Gasteiger charge is -2.38. The minimum Gasteiger partial charge on any atom is -0.359 e. The molecule has 0 saturated carbocycles. The molecule has 2 heterocycles.